The van der Waals surface area contributed by atoms with Crippen LogP contribution in [0.1, 0.15) is 40.0 Å². The third kappa shape index (κ3) is 5.24. The van der Waals surface area contributed by atoms with Crippen molar-refractivity contribution in [3.05, 3.63) is 0 Å². The molecule has 0 aromatic rings. The molecule has 0 bridgehead atoms. The number of rotatable bonds is 5. The molecule has 1 heterocycles. The Kier molecular flexibility index (Phi) is 5.62. The summed E-state index contributed by atoms with van der Waals surface area (Å²) in [4.78, 5) is 0. The molecule has 1 aliphatic rings. The minimum atomic E-state index is -3.04. The highest BCUT2D eigenvalue weighted by Crippen LogP contribution is 2.23. The van der Waals surface area contributed by atoms with Gasteiger partial charge in [0.05, 0.1) is 5.75 Å². The van der Waals surface area contributed by atoms with Gasteiger partial charge in [0.25, 0.3) is 0 Å². The largest absolute Gasteiger partial charge is 0.319 e. The van der Waals surface area contributed by atoms with E-state index in [1.807, 2.05) is 7.05 Å². The molecule has 0 saturated carbocycles. The van der Waals surface area contributed by atoms with Crippen LogP contribution in [0.5, 0.6) is 0 Å². The fourth-order valence-corrected chi connectivity index (χ4v) is 4.14. The van der Waals surface area contributed by atoms with Crippen LogP contribution in [-0.4, -0.2) is 45.2 Å². The second-order valence-corrected chi connectivity index (χ2v) is 8.62. The number of hydrogen-bond acceptors (Lipinski definition) is 3. The van der Waals surface area contributed by atoms with Crippen LogP contribution in [0, 0.1) is 11.3 Å². The Hall–Kier alpha value is -0.130. The topological polar surface area (TPSA) is 49.4 Å². The summed E-state index contributed by atoms with van der Waals surface area (Å²) >= 11 is 0. The zero-order valence-corrected chi connectivity index (χ0v) is 13.0. The minimum absolute atomic E-state index is 0.0809. The SMILES string of the molecule is CNCC1CCN(S(=O)(=O)CCC(C)(C)C)CC1. The van der Waals surface area contributed by atoms with Crippen molar-refractivity contribution in [2.45, 2.75) is 40.0 Å². The van der Waals surface area contributed by atoms with Crippen molar-refractivity contribution >= 4 is 10.0 Å². The second-order valence-electron chi connectivity index (χ2n) is 6.53. The van der Waals surface area contributed by atoms with Crippen molar-refractivity contribution in [3.8, 4) is 0 Å². The average molecular weight is 276 g/mol. The number of hydrogen-bond donors (Lipinski definition) is 1. The lowest BCUT2D eigenvalue weighted by Gasteiger charge is -2.31. The Bertz CT molecular complexity index is 338. The predicted molar refractivity (Wildman–Crippen MR) is 76.1 cm³/mol. The fraction of sp³-hybridized carbons (Fsp3) is 1.00. The first kappa shape index (κ1) is 15.9. The number of nitrogens with one attached hydrogen (secondary N) is 1. The molecule has 0 aromatic heterocycles. The highest BCUT2D eigenvalue weighted by Gasteiger charge is 2.28. The van der Waals surface area contributed by atoms with E-state index >= 15 is 0 Å². The van der Waals surface area contributed by atoms with Crippen LogP contribution in [-0.2, 0) is 10.0 Å². The van der Waals surface area contributed by atoms with Crippen molar-refractivity contribution in [1.82, 2.24) is 9.62 Å². The highest BCUT2D eigenvalue weighted by molar-refractivity contribution is 7.89. The van der Waals surface area contributed by atoms with Gasteiger partial charge >= 0.3 is 0 Å². The van der Waals surface area contributed by atoms with E-state index in [1.165, 1.54) is 0 Å². The quantitative estimate of drug-likeness (QED) is 0.831. The van der Waals surface area contributed by atoms with Crippen LogP contribution in [0.2, 0.25) is 0 Å². The zero-order chi connectivity index (χ0) is 13.8. The van der Waals surface area contributed by atoms with E-state index in [2.05, 4.69) is 26.1 Å². The first-order chi connectivity index (χ1) is 8.24. The van der Waals surface area contributed by atoms with E-state index in [0.717, 1.165) is 25.8 Å². The molecule has 4 nitrogen and oxygen atoms in total. The summed E-state index contributed by atoms with van der Waals surface area (Å²) in [5.74, 6) is 0.914. The van der Waals surface area contributed by atoms with E-state index in [0.29, 0.717) is 19.0 Å². The van der Waals surface area contributed by atoms with Crippen LogP contribution in [0.4, 0.5) is 0 Å². The molecule has 5 heteroatoms. The van der Waals surface area contributed by atoms with Crippen molar-refractivity contribution in [1.29, 1.82) is 0 Å². The molecule has 1 aliphatic heterocycles. The first-order valence-corrected chi connectivity index (χ1v) is 8.48. The van der Waals surface area contributed by atoms with Crippen LogP contribution >= 0.6 is 0 Å². The van der Waals surface area contributed by atoms with Gasteiger partial charge in [-0.25, -0.2) is 12.7 Å². The molecule has 0 amide bonds. The maximum atomic E-state index is 12.2. The van der Waals surface area contributed by atoms with E-state index in [-0.39, 0.29) is 11.2 Å². The Labute approximate surface area is 112 Å². The third-order valence-electron chi connectivity index (χ3n) is 3.57. The lowest BCUT2D eigenvalue weighted by molar-refractivity contribution is 0.269. The minimum Gasteiger partial charge on any atom is -0.319 e. The molecule has 1 N–H and O–H groups in total. The van der Waals surface area contributed by atoms with E-state index < -0.39 is 10.0 Å². The van der Waals surface area contributed by atoms with Gasteiger partial charge in [-0.15, -0.1) is 0 Å². The molecule has 0 unspecified atom stereocenters. The summed E-state index contributed by atoms with van der Waals surface area (Å²) in [7, 11) is -1.09. The summed E-state index contributed by atoms with van der Waals surface area (Å²) in [5.41, 5.74) is 0.0809. The fourth-order valence-electron chi connectivity index (χ4n) is 2.24. The molecule has 108 valence electrons. The van der Waals surface area contributed by atoms with Gasteiger partial charge in [-0.05, 0) is 44.2 Å². The summed E-state index contributed by atoms with van der Waals surface area (Å²) < 4.78 is 26.1. The third-order valence-corrected chi connectivity index (χ3v) is 5.44. The molecular weight excluding hydrogens is 248 g/mol. The maximum absolute atomic E-state index is 12.2. The molecule has 0 atom stereocenters. The molecule has 1 saturated heterocycles. The van der Waals surface area contributed by atoms with E-state index in [4.69, 9.17) is 0 Å². The van der Waals surface area contributed by atoms with E-state index in [9.17, 15) is 8.42 Å². The molecule has 1 rings (SSSR count). The molecule has 1 fully saturated rings. The Morgan fingerprint density at radius 1 is 1.22 bits per heavy atom. The monoisotopic (exact) mass is 276 g/mol. The van der Waals surface area contributed by atoms with Crippen LogP contribution in [0.15, 0.2) is 0 Å². The molecular formula is C13H28N2O2S. The zero-order valence-electron chi connectivity index (χ0n) is 12.2. The average Bonchev–Trinajstić information content (AvgIpc) is 2.27. The highest BCUT2D eigenvalue weighted by atomic mass is 32.2. The van der Waals surface area contributed by atoms with Crippen molar-refractivity contribution in [3.63, 3.8) is 0 Å². The standard InChI is InChI=1S/C13H28N2O2S/c1-13(2,3)7-10-18(16,17)15-8-5-12(6-9-15)11-14-4/h12,14H,5-11H2,1-4H3. The van der Waals surface area contributed by atoms with Gasteiger partial charge in [0.1, 0.15) is 0 Å². The van der Waals surface area contributed by atoms with Crippen molar-refractivity contribution in [2.75, 3.05) is 32.4 Å². The molecule has 0 aliphatic carbocycles. The Balaban J connectivity index is 2.45. The lowest BCUT2D eigenvalue weighted by atomic mass is 9.94. The van der Waals surface area contributed by atoms with Crippen molar-refractivity contribution < 1.29 is 8.42 Å². The molecule has 0 radical (unpaired) electrons. The molecule has 18 heavy (non-hydrogen) atoms. The first-order valence-electron chi connectivity index (χ1n) is 6.87. The second kappa shape index (κ2) is 6.35. The van der Waals surface area contributed by atoms with Gasteiger partial charge in [-0.2, -0.15) is 0 Å². The van der Waals surface area contributed by atoms with Gasteiger partial charge in [0.2, 0.25) is 10.0 Å². The summed E-state index contributed by atoms with van der Waals surface area (Å²) in [6, 6.07) is 0. The summed E-state index contributed by atoms with van der Waals surface area (Å²) in [6.45, 7) is 8.64. The van der Waals surface area contributed by atoms with Crippen LogP contribution in [0.25, 0.3) is 0 Å². The summed E-state index contributed by atoms with van der Waals surface area (Å²) in [5, 5.41) is 3.17. The van der Waals surface area contributed by atoms with E-state index in [1.54, 1.807) is 4.31 Å². The maximum Gasteiger partial charge on any atom is 0.214 e. The Morgan fingerprint density at radius 3 is 2.22 bits per heavy atom. The van der Waals surface area contributed by atoms with Gasteiger partial charge in [-0.1, -0.05) is 20.8 Å². The number of sulfonamides is 1. The number of piperidine rings is 1. The number of nitrogens with zero attached hydrogens (tertiary/aromatic N) is 1. The van der Waals surface area contributed by atoms with Gasteiger partial charge < -0.3 is 5.32 Å². The normalized spacial score (nSPS) is 20.2. The predicted octanol–water partition coefficient (Wildman–Crippen LogP) is 1.68. The molecule has 0 aromatic carbocycles. The summed E-state index contributed by atoms with van der Waals surface area (Å²) in [6.07, 6.45) is 2.69. The van der Waals surface area contributed by atoms with Gasteiger partial charge in [0.15, 0.2) is 0 Å². The lowest BCUT2D eigenvalue weighted by Crippen LogP contribution is -2.41. The van der Waals surface area contributed by atoms with Gasteiger partial charge in [-0.3, -0.25) is 0 Å². The van der Waals surface area contributed by atoms with Crippen LogP contribution in [0.3, 0.4) is 0 Å². The Morgan fingerprint density at radius 2 is 1.78 bits per heavy atom. The van der Waals surface area contributed by atoms with Crippen molar-refractivity contribution in [2.24, 2.45) is 11.3 Å². The smallest absolute Gasteiger partial charge is 0.214 e. The van der Waals surface area contributed by atoms with Crippen LogP contribution < -0.4 is 5.32 Å². The van der Waals surface area contributed by atoms with Gasteiger partial charge in [0, 0.05) is 13.1 Å². The molecule has 0 spiro atoms.